The Hall–Kier alpha value is -0.970. The lowest BCUT2D eigenvalue weighted by Crippen LogP contribution is -2.47. The molecule has 2 fully saturated rings. The maximum Gasteiger partial charge on any atom is 0.194 e. The van der Waals surface area contributed by atoms with Crippen molar-refractivity contribution in [1.29, 1.82) is 0 Å². The van der Waals surface area contributed by atoms with Crippen molar-refractivity contribution in [2.24, 2.45) is 4.99 Å². The molecular formula is C22H35FIN3O3. The first-order valence-corrected chi connectivity index (χ1v) is 10.7. The number of rotatable bonds is 8. The molecule has 1 N–H and O–H groups in total. The van der Waals surface area contributed by atoms with Gasteiger partial charge in [-0.3, -0.25) is 4.99 Å². The van der Waals surface area contributed by atoms with E-state index in [1.165, 1.54) is 12.1 Å². The minimum absolute atomic E-state index is 0. The number of methoxy groups -OCH3 is 1. The van der Waals surface area contributed by atoms with Crippen LogP contribution in [0.2, 0.25) is 0 Å². The lowest BCUT2D eigenvalue weighted by Gasteiger charge is -2.34. The first-order chi connectivity index (χ1) is 14.2. The highest BCUT2D eigenvalue weighted by Crippen LogP contribution is 2.20. The lowest BCUT2D eigenvalue weighted by molar-refractivity contribution is -0.0367. The molecular weight excluding hydrogens is 500 g/mol. The maximum atomic E-state index is 13.2. The molecule has 2 saturated heterocycles. The molecule has 0 aromatic heterocycles. The minimum atomic E-state index is -0.245. The topological polar surface area (TPSA) is 55.3 Å². The predicted molar refractivity (Wildman–Crippen MR) is 127 cm³/mol. The highest BCUT2D eigenvalue weighted by molar-refractivity contribution is 14.0. The van der Waals surface area contributed by atoms with Gasteiger partial charge in [0.1, 0.15) is 11.9 Å². The van der Waals surface area contributed by atoms with Crippen molar-refractivity contribution in [3.63, 3.8) is 0 Å². The Morgan fingerprint density at radius 2 is 2.00 bits per heavy atom. The summed E-state index contributed by atoms with van der Waals surface area (Å²) < 4.78 is 30.5. The molecule has 0 spiro atoms. The Kier molecular flexibility index (Phi) is 11.3. The third kappa shape index (κ3) is 7.62. The third-order valence-electron chi connectivity index (χ3n) is 5.55. The molecule has 170 valence electrons. The quantitative estimate of drug-likeness (QED) is 0.312. The van der Waals surface area contributed by atoms with Gasteiger partial charge < -0.3 is 24.4 Å². The molecule has 2 aliphatic heterocycles. The SMILES string of the molecule is CCNC(=NCC(OC)c1ccc(F)cc1)N1CCC(OCC2CCCO2)CC1.I. The molecule has 1 aromatic carbocycles. The standard InChI is InChI=1S/C22H34FN3O3.HI/c1-3-24-22(25-15-21(27-2)17-6-8-18(23)9-7-17)26-12-10-19(11-13-26)29-16-20-5-4-14-28-20;/h6-9,19-21H,3-5,10-16H2,1-2H3,(H,24,25);1H. The molecule has 2 aliphatic rings. The second-order valence-electron chi connectivity index (χ2n) is 7.63. The number of piperidine rings is 1. The Bertz CT molecular complexity index is 633. The van der Waals surface area contributed by atoms with Gasteiger partial charge in [-0.2, -0.15) is 0 Å². The summed E-state index contributed by atoms with van der Waals surface area (Å²) in [6.45, 7) is 6.77. The molecule has 0 bridgehead atoms. The maximum absolute atomic E-state index is 13.2. The smallest absolute Gasteiger partial charge is 0.194 e. The van der Waals surface area contributed by atoms with Crippen molar-refractivity contribution in [2.45, 2.75) is 50.9 Å². The second kappa shape index (κ2) is 13.4. The zero-order valence-electron chi connectivity index (χ0n) is 18.0. The highest BCUT2D eigenvalue weighted by Gasteiger charge is 2.24. The molecule has 6 nitrogen and oxygen atoms in total. The Morgan fingerprint density at radius 3 is 2.60 bits per heavy atom. The number of hydrogen-bond acceptors (Lipinski definition) is 4. The zero-order valence-corrected chi connectivity index (χ0v) is 20.3. The molecule has 2 heterocycles. The molecule has 8 heteroatoms. The van der Waals surface area contributed by atoms with Crippen molar-refractivity contribution in [1.82, 2.24) is 10.2 Å². The fourth-order valence-corrected chi connectivity index (χ4v) is 3.84. The van der Waals surface area contributed by atoms with Crippen molar-refractivity contribution < 1.29 is 18.6 Å². The summed E-state index contributed by atoms with van der Waals surface area (Å²) >= 11 is 0. The van der Waals surface area contributed by atoms with Crippen LogP contribution in [0.3, 0.4) is 0 Å². The van der Waals surface area contributed by atoms with E-state index in [0.717, 1.165) is 63.4 Å². The van der Waals surface area contributed by atoms with Gasteiger partial charge in [-0.15, -0.1) is 24.0 Å². The van der Waals surface area contributed by atoms with Crippen LogP contribution in [-0.2, 0) is 14.2 Å². The van der Waals surface area contributed by atoms with Crippen molar-refractivity contribution in [2.75, 3.05) is 46.5 Å². The minimum Gasteiger partial charge on any atom is -0.376 e. The van der Waals surface area contributed by atoms with E-state index in [9.17, 15) is 4.39 Å². The summed E-state index contributed by atoms with van der Waals surface area (Å²) in [4.78, 5) is 7.08. The first-order valence-electron chi connectivity index (χ1n) is 10.7. The van der Waals surface area contributed by atoms with Crippen LogP contribution in [0.4, 0.5) is 4.39 Å². The van der Waals surface area contributed by atoms with Crippen molar-refractivity contribution >= 4 is 29.9 Å². The molecule has 0 aliphatic carbocycles. The largest absolute Gasteiger partial charge is 0.376 e. The fraction of sp³-hybridized carbons (Fsp3) is 0.682. The molecule has 0 radical (unpaired) electrons. The molecule has 2 atom stereocenters. The number of aliphatic imine (C=N–C) groups is 1. The van der Waals surface area contributed by atoms with Gasteiger partial charge in [0.05, 0.1) is 25.4 Å². The van der Waals surface area contributed by atoms with Crippen LogP contribution < -0.4 is 5.32 Å². The monoisotopic (exact) mass is 535 g/mol. The van der Waals surface area contributed by atoms with Gasteiger partial charge in [-0.05, 0) is 50.3 Å². The highest BCUT2D eigenvalue weighted by atomic mass is 127. The van der Waals surface area contributed by atoms with E-state index < -0.39 is 0 Å². The normalized spacial score (nSPS) is 21.4. The summed E-state index contributed by atoms with van der Waals surface area (Å²) in [5.74, 6) is 0.652. The number of nitrogens with zero attached hydrogens (tertiary/aromatic N) is 2. The Morgan fingerprint density at radius 1 is 1.27 bits per heavy atom. The molecule has 2 unspecified atom stereocenters. The molecule has 0 saturated carbocycles. The molecule has 3 rings (SSSR count). The fourth-order valence-electron chi connectivity index (χ4n) is 3.84. The van der Waals surface area contributed by atoms with E-state index in [4.69, 9.17) is 19.2 Å². The third-order valence-corrected chi connectivity index (χ3v) is 5.55. The van der Waals surface area contributed by atoms with Crippen LogP contribution >= 0.6 is 24.0 Å². The predicted octanol–water partition coefficient (Wildman–Crippen LogP) is 3.76. The number of guanidine groups is 1. The van der Waals surface area contributed by atoms with E-state index in [1.807, 2.05) is 0 Å². The van der Waals surface area contributed by atoms with Crippen LogP contribution in [-0.4, -0.2) is 69.6 Å². The van der Waals surface area contributed by atoms with Gasteiger partial charge in [0.25, 0.3) is 0 Å². The van der Waals surface area contributed by atoms with E-state index in [-0.39, 0.29) is 42.0 Å². The van der Waals surface area contributed by atoms with Crippen LogP contribution in [0.5, 0.6) is 0 Å². The Labute approximate surface area is 196 Å². The summed E-state index contributed by atoms with van der Waals surface area (Å²) in [6.07, 6.45) is 4.62. The first kappa shape index (κ1) is 25.3. The van der Waals surface area contributed by atoms with E-state index in [0.29, 0.717) is 19.3 Å². The summed E-state index contributed by atoms with van der Waals surface area (Å²) in [5.41, 5.74) is 0.926. The summed E-state index contributed by atoms with van der Waals surface area (Å²) in [5, 5.41) is 3.38. The van der Waals surface area contributed by atoms with Crippen LogP contribution in [0, 0.1) is 5.82 Å². The van der Waals surface area contributed by atoms with Gasteiger partial charge in [0.2, 0.25) is 0 Å². The number of benzene rings is 1. The van der Waals surface area contributed by atoms with Crippen molar-refractivity contribution in [3.8, 4) is 0 Å². The zero-order chi connectivity index (χ0) is 20.5. The van der Waals surface area contributed by atoms with Gasteiger partial charge in [0, 0.05) is 33.4 Å². The van der Waals surface area contributed by atoms with E-state index >= 15 is 0 Å². The molecule has 1 aromatic rings. The van der Waals surface area contributed by atoms with Gasteiger partial charge in [-0.1, -0.05) is 12.1 Å². The average molecular weight is 535 g/mol. The number of nitrogens with one attached hydrogen (secondary N) is 1. The molecule has 0 amide bonds. The van der Waals surface area contributed by atoms with Crippen LogP contribution in [0.25, 0.3) is 0 Å². The second-order valence-corrected chi connectivity index (χ2v) is 7.63. The molecule has 30 heavy (non-hydrogen) atoms. The number of hydrogen-bond donors (Lipinski definition) is 1. The van der Waals surface area contributed by atoms with E-state index in [1.54, 1.807) is 19.2 Å². The summed E-state index contributed by atoms with van der Waals surface area (Å²) in [7, 11) is 1.66. The lowest BCUT2D eigenvalue weighted by atomic mass is 10.1. The van der Waals surface area contributed by atoms with Gasteiger partial charge >= 0.3 is 0 Å². The van der Waals surface area contributed by atoms with Crippen molar-refractivity contribution in [3.05, 3.63) is 35.6 Å². The van der Waals surface area contributed by atoms with Crippen LogP contribution in [0.15, 0.2) is 29.3 Å². The number of likely N-dealkylation sites (tertiary alicyclic amines) is 1. The average Bonchev–Trinajstić information content (AvgIpc) is 3.27. The van der Waals surface area contributed by atoms with E-state index in [2.05, 4.69) is 17.1 Å². The number of ether oxygens (including phenoxy) is 3. The van der Waals surface area contributed by atoms with Crippen LogP contribution in [0.1, 0.15) is 44.3 Å². The number of halogens is 2. The summed E-state index contributed by atoms with van der Waals surface area (Å²) in [6, 6.07) is 6.42. The van der Waals surface area contributed by atoms with Gasteiger partial charge in [0.15, 0.2) is 5.96 Å². The Balaban J connectivity index is 0.00000320. The van der Waals surface area contributed by atoms with Gasteiger partial charge in [-0.25, -0.2) is 4.39 Å².